The van der Waals surface area contributed by atoms with Gasteiger partial charge in [0.1, 0.15) is 16.8 Å². The van der Waals surface area contributed by atoms with Crippen LogP contribution in [0.2, 0.25) is 0 Å². The first kappa shape index (κ1) is 22.4. The highest BCUT2D eigenvalue weighted by Crippen LogP contribution is 2.37. The fraction of sp³-hybridized carbons (Fsp3) is 0.391. The van der Waals surface area contributed by atoms with Crippen LogP contribution in [0, 0.1) is 11.3 Å². The molecule has 0 radical (unpaired) electrons. The van der Waals surface area contributed by atoms with Gasteiger partial charge in [-0.3, -0.25) is 4.79 Å². The summed E-state index contributed by atoms with van der Waals surface area (Å²) in [6, 6.07) is 11.9. The van der Waals surface area contributed by atoms with Gasteiger partial charge in [-0.1, -0.05) is 30.0 Å². The molecule has 3 aromatic rings. The topological polar surface area (TPSA) is 92.8 Å². The summed E-state index contributed by atoms with van der Waals surface area (Å²) in [5.74, 6) is 1.54. The predicted molar refractivity (Wildman–Crippen MR) is 126 cm³/mol. The molecule has 2 heterocycles. The average molecular weight is 468 g/mol. The first-order chi connectivity index (χ1) is 15.6. The zero-order valence-electron chi connectivity index (χ0n) is 18.1. The van der Waals surface area contributed by atoms with Crippen LogP contribution < -0.4 is 10.1 Å². The van der Waals surface area contributed by atoms with Gasteiger partial charge in [-0.25, -0.2) is 0 Å². The summed E-state index contributed by atoms with van der Waals surface area (Å²) in [4.78, 5) is 13.9. The predicted octanol–water partition coefficient (Wildman–Crippen LogP) is 4.98. The standard InChI is InChI=1S/C23H25N5O2S2/c1-3-28-21(15(2)30-16-9-5-4-6-10-16)26-27-23(28)31-14-20(29)25-22-18(13-24)17-11-7-8-12-19(17)32-22/h4-6,9-10,15H,3,7-8,11-12,14H2,1-2H3,(H,25,29). The number of para-hydroxylation sites is 1. The Morgan fingerprint density at radius 1 is 1.31 bits per heavy atom. The van der Waals surface area contributed by atoms with E-state index < -0.39 is 0 Å². The van der Waals surface area contributed by atoms with Crippen molar-refractivity contribution in [2.45, 2.75) is 57.3 Å². The Hall–Kier alpha value is -2.83. The minimum absolute atomic E-state index is 0.147. The van der Waals surface area contributed by atoms with E-state index in [0.717, 1.165) is 42.8 Å². The SMILES string of the molecule is CCn1c(SCC(=O)Nc2sc3c(c2C#N)CCCC3)nnc1C(C)Oc1ccccc1. The number of amides is 1. The third kappa shape index (κ3) is 4.81. The lowest BCUT2D eigenvalue weighted by atomic mass is 9.96. The van der Waals surface area contributed by atoms with Crippen LogP contribution >= 0.6 is 23.1 Å². The monoisotopic (exact) mass is 467 g/mol. The Labute approximate surface area is 195 Å². The van der Waals surface area contributed by atoms with Crippen molar-refractivity contribution in [2.75, 3.05) is 11.1 Å². The van der Waals surface area contributed by atoms with Crippen molar-refractivity contribution in [1.82, 2.24) is 14.8 Å². The molecule has 1 aliphatic carbocycles. The zero-order valence-corrected chi connectivity index (χ0v) is 19.8. The number of nitriles is 1. The normalized spacial score (nSPS) is 13.8. The van der Waals surface area contributed by atoms with Crippen molar-refractivity contribution in [2.24, 2.45) is 0 Å². The Kier molecular flexibility index (Phi) is 7.12. The van der Waals surface area contributed by atoms with Crippen molar-refractivity contribution < 1.29 is 9.53 Å². The molecular weight excluding hydrogens is 442 g/mol. The highest BCUT2D eigenvalue weighted by molar-refractivity contribution is 7.99. The van der Waals surface area contributed by atoms with Gasteiger partial charge in [-0.2, -0.15) is 5.26 Å². The quantitative estimate of drug-likeness (QED) is 0.470. The van der Waals surface area contributed by atoms with Gasteiger partial charge < -0.3 is 14.6 Å². The van der Waals surface area contributed by atoms with Gasteiger partial charge in [-0.05, 0) is 57.2 Å². The molecule has 32 heavy (non-hydrogen) atoms. The van der Waals surface area contributed by atoms with Gasteiger partial charge in [-0.15, -0.1) is 21.5 Å². The minimum atomic E-state index is -0.274. The molecular formula is C23H25N5O2S2. The summed E-state index contributed by atoms with van der Waals surface area (Å²) in [7, 11) is 0. The summed E-state index contributed by atoms with van der Waals surface area (Å²) < 4.78 is 7.95. The largest absolute Gasteiger partial charge is 0.483 e. The van der Waals surface area contributed by atoms with Crippen LogP contribution in [0.4, 0.5) is 5.00 Å². The maximum Gasteiger partial charge on any atom is 0.235 e. The summed E-state index contributed by atoms with van der Waals surface area (Å²) in [5.41, 5.74) is 1.75. The van der Waals surface area contributed by atoms with Crippen molar-refractivity contribution in [3.63, 3.8) is 0 Å². The molecule has 0 fully saturated rings. The van der Waals surface area contributed by atoms with Gasteiger partial charge >= 0.3 is 0 Å². The zero-order chi connectivity index (χ0) is 22.5. The molecule has 0 aliphatic heterocycles. The third-order valence-electron chi connectivity index (χ3n) is 5.35. The van der Waals surface area contributed by atoms with Crippen molar-refractivity contribution in [3.05, 3.63) is 52.2 Å². The number of fused-ring (bicyclic) bond motifs is 1. The molecule has 2 aromatic heterocycles. The number of hydrogen-bond donors (Lipinski definition) is 1. The minimum Gasteiger partial charge on any atom is -0.483 e. The van der Waals surface area contributed by atoms with Crippen molar-refractivity contribution in [1.29, 1.82) is 5.26 Å². The molecule has 0 spiro atoms. The second-order valence-corrected chi connectivity index (χ2v) is 9.57. The number of hydrogen-bond acceptors (Lipinski definition) is 7. The van der Waals surface area contributed by atoms with Crippen LogP contribution in [0.25, 0.3) is 0 Å². The number of anilines is 1. The van der Waals surface area contributed by atoms with E-state index in [0.29, 0.717) is 22.3 Å². The first-order valence-corrected chi connectivity index (χ1v) is 12.5. The van der Waals surface area contributed by atoms with Gasteiger partial charge in [0, 0.05) is 11.4 Å². The van der Waals surface area contributed by atoms with Crippen LogP contribution in [-0.2, 0) is 24.2 Å². The Morgan fingerprint density at radius 2 is 2.09 bits per heavy atom. The maximum atomic E-state index is 12.6. The highest BCUT2D eigenvalue weighted by Gasteiger charge is 2.23. The van der Waals surface area contributed by atoms with E-state index in [2.05, 4.69) is 21.6 Å². The van der Waals surface area contributed by atoms with Crippen LogP contribution in [0.3, 0.4) is 0 Å². The Bertz CT molecular complexity index is 1130. The second-order valence-electron chi connectivity index (χ2n) is 7.52. The van der Waals surface area contributed by atoms with E-state index in [1.165, 1.54) is 28.0 Å². The van der Waals surface area contributed by atoms with Crippen LogP contribution in [0.15, 0.2) is 35.5 Å². The molecule has 7 nitrogen and oxygen atoms in total. The number of benzene rings is 1. The number of carbonyl (C=O) groups is 1. The van der Waals surface area contributed by atoms with E-state index >= 15 is 0 Å². The molecule has 1 aliphatic rings. The first-order valence-electron chi connectivity index (χ1n) is 10.7. The molecule has 1 atom stereocenters. The lowest BCUT2D eigenvalue weighted by Gasteiger charge is -2.15. The van der Waals surface area contributed by atoms with Crippen molar-refractivity contribution >= 4 is 34.0 Å². The Balaban J connectivity index is 1.40. The summed E-state index contributed by atoms with van der Waals surface area (Å²) >= 11 is 2.87. The van der Waals surface area contributed by atoms with Crippen LogP contribution in [0.5, 0.6) is 5.75 Å². The van der Waals surface area contributed by atoms with Crippen LogP contribution in [-0.4, -0.2) is 26.4 Å². The number of ether oxygens (including phenoxy) is 1. The summed E-state index contributed by atoms with van der Waals surface area (Å²) in [6.45, 7) is 4.62. The number of nitrogens with one attached hydrogen (secondary N) is 1. The van der Waals surface area contributed by atoms with Gasteiger partial charge in [0.05, 0.1) is 11.3 Å². The van der Waals surface area contributed by atoms with Gasteiger partial charge in [0.15, 0.2) is 17.1 Å². The fourth-order valence-electron chi connectivity index (χ4n) is 3.83. The van der Waals surface area contributed by atoms with Crippen LogP contribution in [0.1, 0.15) is 54.6 Å². The number of nitrogens with zero attached hydrogens (tertiary/aromatic N) is 4. The van der Waals surface area contributed by atoms with E-state index in [9.17, 15) is 10.1 Å². The molecule has 1 unspecified atom stereocenters. The van der Waals surface area contributed by atoms with Gasteiger partial charge in [0.2, 0.25) is 5.91 Å². The summed E-state index contributed by atoms with van der Waals surface area (Å²) in [6.07, 6.45) is 3.88. The Morgan fingerprint density at radius 3 is 2.84 bits per heavy atom. The van der Waals surface area contributed by atoms with E-state index in [-0.39, 0.29) is 17.8 Å². The number of thiophene rings is 1. The molecule has 0 saturated carbocycles. The highest BCUT2D eigenvalue weighted by atomic mass is 32.2. The molecule has 0 bridgehead atoms. The van der Waals surface area contributed by atoms with Crippen molar-refractivity contribution in [3.8, 4) is 11.8 Å². The fourth-order valence-corrected chi connectivity index (χ4v) is 5.89. The lowest BCUT2D eigenvalue weighted by molar-refractivity contribution is -0.113. The number of aryl methyl sites for hydroxylation is 1. The lowest BCUT2D eigenvalue weighted by Crippen LogP contribution is -2.15. The molecule has 166 valence electrons. The average Bonchev–Trinajstić information content (AvgIpc) is 3.38. The summed E-state index contributed by atoms with van der Waals surface area (Å²) in [5, 5.41) is 22.5. The molecule has 1 amide bonds. The van der Waals surface area contributed by atoms with Gasteiger partial charge in [0.25, 0.3) is 0 Å². The smallest absolute Gasteiger partial charge is 0.235 e. The second kappa shape index (κ2) is 10.2. The van der Waals surface area contributed by atoms with E-state index in [1.807, 2.05) is 48.7 Å². The molecule has 1 N–H and O–H groups in total. The third-order valence-corrected chi connectivity index (χ3v) is 7.52. The molecule has 1 aromatic carbocycles. The maximum absolute atomic E-state index is 12.6. The number of rotatable bonds is 8. The number of carbonyl (C=O) groups excluding carboxylic acids is 1. The van der Waals surface area contributed by atoms with E-state index in [4.69, 9.17) is 4.74 Å². The molecule has 0 saturated heterocycles. The van der Waals surface area contributed by atoms with E-state index in [1.54, 1.807) is 0 Å². The number of thioether (sulfide) groups is 1. The molecule has 4 rings (SSSR count). The molecule has 9 heteroatoms. The number of aromatic nitrogens is 3.